The Labute approximate surface area is 171 Å². The summed E-state index contributed by atoms with van der Waals surface area (Å²) in [6, 6.07) is 8.59. The highest BCUT2D eigenvalue weighted by atomic mass is 16.1. The third kappa shape index (κ3) is 6.67. The summed E-state index contributed by atoms with van der Waals surface area (Å²) >= 11 is 0. The summed E-state index contributed by atoms with van der Waals surface area (Å²) in [5.41, 5.74) is 7.58. The summed E-state index contributed by atoms with van der Waals surface area (Å²) < 4.78 is 0. The van der Waals surface area contributed by atoms with Crippen LogP contribution in [0.3, 0.4) is 0 Å². The Morgan fingerprint density at radius 1 is 1.04 bits per heavy atom. The van der Waals surface area contributed by atoms with Crippen LogP contribution in [0.25, 0.3) is 0 Å². The van der Waals surface area contributed by atoms with Crippen molar-refractivity contribution in [3.63, 3.8) is 0 Å². The van der Waals surface area contributed by atoms with Crippen LogP contribution in [-0.2, 0) is 4.79 Å². The molecule has 0 heterocycles. The van der Waals surface area contributed by atoms with Crippen molar-refractivity contribution in [2.45, 2.75) is 58.8 Å². The maximum atomic E-state index is 11.6. The van der Waals surface area contributed by atoms with Gasteiger partial charge in [0, 0.05) is 25.7 Å². The maximum Gasteiger partial charge on any atom is 0.146 e. The molecular formula is C26H35NO. The van der Waals surface area contributed by atoms with Crippen LogP contribution in [0.5, 0.6) is 0 Å². The molecule has 150 valence electrons. The van der Waals surface area contributed by atoms with E-state index in [2.05, 4.69) is 68.2 Å². The smallest absolute Gasteiger partial charge is 0.146 e. The standard InChI is InChI=1S/C26H35NO/c1-20(2)8-6-9-21(3)10-7-11-22-12-13-24(19-28)26(18-22)23-14-16-25(17-15-23)27(4)5/h8,10,12-17,19,26H,6-7,9,11,18H2,1-5H3/b21-10+. The van der Waals surface area contributed by atoms with E-state index in [1.54, 1.807) is 0 Å². The Bertz CT molecular complexity index is 771. The van der Waals surface area contributed by atoms with E-state index in [1.807, 2.05) is 20.2 Å². The van der Waals surface area contributed by atoms with E-state index in [-0.39, 0.29) is 5.92 Å². The number of hydrogen-bond acceptors (Lipinski definition) is 2. The van der Waals surface area contributed by atoms with Gasteiger partial charge in [0.25, 0.3) is 0 Å². The molecule has 0 bridgehead atoms. The predicted molar refractivity (Wildman–Crippen MR) is 122 cm³/mol. The lowest BCUT2D eigenvalue weighted by Gasteiger charge is -2.23. The Kier molecular flexibility index (Phi) is 8.50. The fourth-order valence-corrected chi connectivity index (χ4v) is 3.59. The second kappa shape index (κ2) is 10.8. The molecule has 2 heteroatoms. The molecule has 1 unspecified atom stereocenters. The number of carbonyl (C=O) groups is 1. The van der Waals surface area contributed by atoms with Crippen LogP contribution in [-0.4, -0.2) is 20.4 Å². The number of nitrogens with zero attached hydrogens (tertiary/aromatic N) is 1. The molecule has 1 atom stereocenters. The fraction of sp³-hybridized carbons (Fsp3) is 0.423. The first-order valence-corrected chi connectivity index (χ1v) is 10.3. The molecule has 1 aromatic carbocycles. The van der Waals surface area contributed by atoms with Crippen molar-refractivity contribution in [1.82, 2.24) is 0 Å². The van der Waals surface area contributed by atoms with Gasteiger partial charge in [-0.25, -0.2) is 0 Å². The topological polar surface area (TPSA) is 20.3 Å². The van der Waals surface area contributed by atoms with Gasteiger partial charge >= 0.3 is 0 Å². The fourth-order valence-electron chi connectivity index (χ4n) is 3.59. The van der Waals surface area contributed by atoms with E-state index in [1.165, 1.54) is 28.0 Å². The van der Waals surface area contributed by atoms with Crippen molar-refractivity contribution in [3.8, 4) is 0 Å². The second-order valence-corrected chi connectivity index (χ2v) is 8.26. The number of hydrogen-bond donors (Lipinski definition) is 0. The first-order chi connectivity index (χ1) is 13.4. The molecule has 2 nitrogen and oxygen atoms in total. The molecule has 0 saturated heterocycles. The predicted octanol–water partition coefficient (Wildman–Crippen LogP) is 6.76. The Morgan fingerprint density at radius 3 is 2.36 bits per heavy atom. The summed E-state index contributed by atoms with van der Waals surface area (Å²) in [7, 11) is 4.09. The minimum absolute atomic E-state index is 0.177. The van der Waals surface area contributed by atoms with E-state index in [9.17, 15) is 4.79 Å². The Morgan fingerprint density at radius 2 is 1.75 bits per heavy atom. The van der Waals surface area contributed by atoms with Gasteiger partial charge in [-0.15, -0.1) is 0 Å². The molecule has 0 fully saturated rings. The summed E-state index contributed by atoms with van der Waals surface area (Å²) in [4.78, 5) is 13.7. The Hall–Kier alpha value is -2.35. The average Bonchev–Trinajstić information content (AvgIpc) is 2.67. The van der Waals surface area contributed by atoms with Crippen molar-refractivity contribution < 1.29 is 4.79 Å². The lowest BCUT2D eigenvalue weighted by atomic mass is 9.81. The SMILES string of the molecule is CC(C)=CCC/C(C)=C/CCC1=CC=C(C=O)C(c2ccc(N(C)C)cc2)C1. The zero-order valence-electron chi connectivity index (χ0n) is 18.2. The van der Waals surface area contributed by atoms with Crippen LogP contribution in [0.1, 0.15) is 64.4 Å². The van der Waals surface area contributed by atoms with E-state index in [4.69, 9.17) is 0 Å². The second-order valence-electron chi connectivity index (χ2n) is 8.26. The number of benzene rings is 1. The van der Waals surface area contributed by atoms with Gasteiger partial charge in [-0.2, -0.15) is 0 Å². The molecular weight excluding hydrogens is 342 g/mol. The summed E-state index contributed by atoms with van der Waals surface area (Å²) in [6.07, 6.45) is 15.2. The first-order valence-electron chi connectivity index (χ1n) is 10.3. The average molecular weight is 378 g/mol. The van der Waals surface area contributed by atoms with Crippen LogP contribution in [0, 0.1) is 0 Å². The molecule has 2 rings (SSSR count). The summed E-state index contributed by atoms with van der Waals surface area (Å²) in [5, 5.41) is 0. The molecule has 1 aliphatic carbocycles. The van der Waals surface area contributed by atoms with Gasteiger partial charge in [0.15, 0.2) is 0 Å². The van der Waals surface area contributed by atoms with Crippen molar-refractivity contribution >= 4 is 12.0 Å². The van der Waals surface area contributed by atoms with Crippen LogP contribution in [0.4, 0.5) is 5.69 Å². The zero-order chi connectivity index (χ0) is 20.5. The lowest BCUT2D eigenvalue weighted by molar-refractivity contribution is -0.105. The quantitative estimate of drug-likeness (QED) is 0.350. The number of aldehydes is 1. The zero-order valence-corrected chi connectivity index (χ0v) is 18.2. The van der Waals surface area contributed by atoms with E-state index in [0.717, 1.165) is 44.0 Å². The molecule has 28 heavy (non-hydrogen) atoms. The number of rotatable bonds is 9. The minimum atomic E-state index is 0.177. The van der Waals surface area contributed by atoms with Crippen molar-refractivity contribution in [2.24, 2.45) is 0 Å². The monoisotopic (exact) mass is 377 g/mol. The van der Waals surface area contributed by atoms with Gasteiger partial charge < -0.3 is 4.90 Å². The highest BCUT2D eigenvalue weighted by Gasteiger charge is 2.20. The molecule has 0 aliphatic heterocycles. The third-order valence-electron chi connectivity index (χ3n) is 5.38. The van der Waals surface area contributed by atoms with Gasteiger partial charge in [-0.1, -0.05) is 53.2 Å². The van der Waals surface area contributed by atoms with Crippen molar-refractivity contribution in [2.75, 3.05) is 19.0 Å². The summed E-state index contributed by atoms with van der Waals surface area (Å²) in [5.74, 6) is 0.177. The van der Waals surface area contributed by atoms with Crippen LogP contribution in [0.2, 0.25) is 0 Å². The largest absolute Gasteiger partial charge is 0.378 e. The van der Waals surface area contributed by atoms with E-state index in [0.29, 0.717) is 0 Å². The minimum Gasteiger partial charge on any atom is -0.378 e. The van der Waals surface area contributed by atoms with E-state index < -0.39 is 0 Å². The highest BCUT2D eigenvalue weighted by Crippen LogP contribution is 2.35. The number of anilines is 1. The van der Waals surface area contributed by atoms with Gasteiger partial charge in [-0.05, 0) is 76.1 Å². The van der Waals surface area contributed by atoms with Crippen LogP contribution >= 0.6 is 0 Å². The van der Waals surface area contributed by atoms with Crippen LogP contribution < -0.4 is 4.90 Å². The van der Waals surface area contributed by atoms with E-state index >= 15 is 0 Å². The molecule has 0 saturated carbocycles. The lowest BCUT2D eigenvalue weighted by Crippen LogP contribution is -2.11. The van der Waals surface area contributed by atoms with Gasteiger partial charge in [0.2, 0.25) is 0 Å². The molecule has 1 aliphatic rings. The number of allylic oxidation sites excluding steroid dienone is 8. The molecule has 0 spiro atoms. The van der Waals surface area contributed by atoms with Crippen LogP contribution in [0.15, 0.2) is 70.9 Å². The first kappa shape index (κ1) is 21.9. The third-order valence-corrected chi connectivity index (χ3v) is 5.38. The normalized spacial score (nSPS) is 16.9. The van der Waals surface area contributed by atoms with Crippen molar-refractivity contribution in [1.29, 1.82) is 0 Å². The molecule has 0 N–H and O–H groups in total. The molecule has 0 aromatic heterocycles. The van der Waals surface area contributed by atoms with Gasteiger partial charge in [-0.3, -0.25) is 4.79 Å². The molecule has 1 aromatic rings. The molecule has 0 radical (unpaired) electrons. The summed E-state index contributed by atoms with van der Waals surface area (Å²) in [6.45, 7) is 6.54. The Balaban J connectivity index is 1.98. The molecule has 0 amide bonds. The van der Waals surface area contributed by atoms with Gasteiger partial charge in [0.05, 0.1) is 0 Å². The number of carbonyl (C=O) groups excluding carboxylic acids is 1. The van der Waals surface area contributed by atoms with Gasteiger partial charge in [0.1, 0.15) is 6.29 Å². The highest BCUT2D eigenvalue weighted by molar-refractivity contribution is 5.77. The van der Waals surface area contributed by atoms with Crippen molar-refractivity contribution in [3.05, 3.63) is 76.4 Å². The maximum absolute atomic E-state index is 11.6.